The number of aromatic nitrogens is 2. The molecule has 1 aliphatic heterocycles. The lowest BCUT2D eigenvalue weighted by molar-refractivity contribution is -0.118. The van der Waals surface area contributed by atoms with Crippen LogP contribution in [0.1, 0.15) is 38.1 Å². The summed E-state index contributed by atoms with van der Waals surface area (Å²) < 4.78 is 40.7. The second-order valence-electron chi connectivity index (χ2n) is 8.27. The zero-order valence-corrected chi connectivity index (χ0v) is 19.2. The van der Waals surface area contributed by atoms with Crippen molar-refractivity contribution in [3.05, 3.63) is 60.6 Å². The zero-order valence-electron chi connectivity index (χ0n) is 18.4. The number of sulfone groups is 1. The number of ether oxygens (including phenoxy) is 1. The molecule has 174 valence electrons. The van der Waals surface area contributed by atoms with Crippen molar-refractivity contribution in [2.24, 2.45) is 0 Å². The van der Waals surface area contributed by atoms with Gasteiger partial charge in [-0.2, -0.15) is 0 Å². The second kappa shape index (κ2) is 8.95. The summed E-state index contributed by atoms with van der Waals surface area (Å²) in [5.41, 5.74) is 1.55. The number of nitrogens with zero attached hydrogens (tertiary/aromatic N) is 2. The highest BCUT2D eigenvalue weighted by atomic mass is 32.2. The van der Waals surface area contributed by atoms with E-state index in [2.05, 4.69) is 22.0 Å². The van der Waals surface area contributed by atoms with Crippen molar-refractivity contribution >= 4 is 27.2 Å². The van der Waals surface area contributed by atoms with Gasteiger partial charge in [0.25, 0.3) is 0 Å². The third-order valence-electron chi connectivity index (χ3n) is 5.75. The summed E-state index contributed by atoms with van der Waals surface area (Å²) in [4.78, 5) is 17.1. The molecular weight excluding hydrogens is 446 g/mol. The number of amides is 1. The Morgan fingerprint density at radius 3 is 2.58 bits per heavy atom. The van der Waals surface area contributed by atoms with E-state index >= 15 is 0 Å². The number of hydrogen-bond donors (Lipinski definition) is 1. The Kier molecular flexibility index (Phi) is 6.22. The van der Waals surface area contributed by atoms with Gasteiger partial charge in [-0.15, -0.1) is 0 Å². The van der Waals surface area contributed by atoms with Gasteiger partial charge in [-0.25, -0.2) is 13.4 Å². The number of benzene rings is 1. The molecule has 3 aromatic rings. The van der Waals surface area contributed by atoms with Gasteiger partial charge in [0, 0.05) is 30.4 Å². The van der Waals surface area contributed by atoms with Gasteiger partial charge in [-0.05, 0) is 38.8 Å². The SMILES string of the molecule is C=C(c1cc(NC(=O)C(C)(C)S(=O)(=O)C2CCOCC2)on1)c1cnc(-c2ccccc2)o1. The standard InChI is InChI=1S/C23H25N3O6S/c1-15(19-14-24-21(31-19)16-7-5-4-6-8-16)18-13-20(32-26-18)25-22(27)23(2,3)33(28,29)17-9-11-30-12-10-17/h4-8,13-14,17H,1,9-12H2,2-3H3,(H,25,27). The maximum atomic E-state index is 13.1. The fraction of sp³-hybridized carbons (Fsp3) is 0.348. The first-order valence-electron chi connectivity index (χ1n) is 10.5. The van der Waals surface area contributed by atoms with Crippen LogP contribution >= 0.6 is 0 Å². The van der Waals surface area contributed by atoms with E-state index < -0.39 is 25.7 Å². The fourth-order valence-corrected chi connectivity index (χ4v) is 5.48. The molecule has 0 bridgehead atoms. The predicted octanol–water partition coefficient (Wildman–Crippen LogP) is 3.70. The molecule has 0 aliphatic carbocycles. The highest BCUT2D eigenvalue weighted by Gasteiger charge is 2.46. The minimum absolute atomic E-state index is 0.00852. The van der Waals surface area contributed by atoms with Crippen molar-refractivity contribution in [2.45, 2.75) is 36.7 Å². The van der Waals surface area contributed by atoms with Crippen molar-refractivity contribution in [1.82, 2.24) is 10.1 Å². The minimum atomic E-state index is -3.75. The Morgan fingerprint density at radius 2 is 1.88 bits per heavy atom. The normalized spacial score (nSPS) is 15.3. The van der Waals surface area contributed by atoms with Crippen LogP contribution in [0.3, 0.4) is 0 Å². The van der Waals surface area contributed by atoms with Crippen LogP contribution in [0.4, 0.5) is 5.88 Å². The van der Waals surface area contributed by atoms with Crippen LogP contribution in [0.15, 0.2) is 58.1 Å². The van der Waals surface area contributed by atoms with E-state index in [9.17, 15) is 13.2 Å². The van der Waals surface area contributed by atoms with Crippen LogP contribution in [0, 0.1) is 0 Å². The highest BCUT2D eigenvalue weighted by Crippen LogP contribution is 2.30. The molecule has 9 nitrogen and oxygen atoms in total. The van der Waals surface area contributed by atoms with E-state index in [1.807, 2.05) is 30.3 Å². The summed E-state index contributed by atoms with van der Waals surface area (Å²) >= 11 is 0. The average molecular weight is 472 g/mol. The molecule has 0 saturated carbocycles. The number of nitrogens with one attached hydrogen (secondary N) is 1. The van der Waals surface area contributed by atoms with Crippen LogP contribution < -0.4 is 5.32 Å². The summed E-state index contributed by atoms with van der Waals surface area (Å²) in [6.07, 6.45) is 2.27. The smallest absolute Gasteiger partial charge is 0.247 e. The topological polar surface area (TPSA) is 125 Å². The molecule has 10 heteroatoms. The molecule has 1 fully saturated rings. The first kappa shape index (κ1) is 22.9. The first-order valence-corrected chi connectivity index (χ1v) is 12.0. The quantitative estimate of drug-likeness (QED) is 0.553. The van der Waals surface area contributed by atoms with E-state index in [1.54, 1.807) is 0 Å². The molecule has 0 radical (unpaired) electrons. The molecule has 4 rings (SSSR count). The van der Waals surface area contributed by atoms with Crippen molar-refractivity contribution in [2.75, 3.05) is 18.5 Å². The van der Waals surface area contributed by atoms with Crippen LogP contribution in [-0.2, 0) is 19.4 Å². The number of anilines is 1. The number of carbonyl (C=O) groups excluding carboxylic acids is 1. The molecule has 1 aliphatic rings. The second-order valence-corrected chi connectivity index (χ2v) is 11.0. The highest BCUT2D eigenvalue weighted by molar-refractivity contribution is 7.94. The van der Waals surface area contributed by atoms with Gasteiger partial charge in [0.1, 0.15) is 10.4 Å². The molecular formula is C23H25N3O6S. The summed E-state index contributed by atoms with van der Waals surface area (Å²) in [7, 11) is -3.75. The summed E-state index contributed by atoms with van der Waals surface area (Å²) in [5.74, 6) is 0.133. The van der Waals surface area contributed by atoms with Crippen LogP contribution in [0.25, 0.3) is 17.0 Å². The Morgan fingerprint density at radius 1 is 1.18 bits per heavy atom. The summed E-state index contributed by atoms with van der Waals surface area (Å²) in [6, 6.07) is 10.9. The molecule has 2 aromatic heterocycles. The lowest BCUT2D eigenvalue weighted by Crippen LogP contribution is -2.50. The molecule has 1 amide bonds. The van der Waals surface area contributed by atoms with Crippen LogP contribution in [0.5, 0.6) is 0 Å². The van der Waals surface area contributed by atoms with E-state index in [-0.39, 0.29) is 5.88 Å². The third kappa shape index (κ3) is 4.49. The molecule has 0 atom stereocenters. The fourth-order valence-electron chi connectivity index (χ4n) is 3.52. The first-order chi connectivity index (χ1) is 15.7. The third-order valence-corrected chi connectivity index (χ3v) is 8.70. The predicted molar refractivity (Wildman–Crippen MR) is 122 cm³/mol. The zero-order chi connectivity index (χ0) is 23.6. The lowest BCUT2D eigenvalue weighted by Gasteiger charge is -2.30. The van der Waals surface area contributed by atoms with E-state index in [4.69, 9.17) is 13.7 Å². The molecule has 1 N–H and O–H groups in total. The van der Waals surface area contributed by atoms with E-state index in [0.29, 0.717) is 49.0 Å². The van der Waals surface area contributed by atoms with E-state index in [0.717, 1.165) is 5.56 Å². The molecule has 1 saturated heterocycles. The van der Waals surface area contributed by atoms with Gasteiger partial charge < -0.3 is 13.7 Å². The monoisotopic (exact) mass is 471 g/mol. The van der Waals surface area contributed by atoms with Gasteiger partial charge in [-0.3, -0.25) is 10.1 Å². The Labute approximate surface area is 191 Å². The number of rotatable bonds is 7. The van der Waals surface area contributed by atoms with Gasteiger partial charge in [0.15, 0.2) is 15.6 Å². The van der Waals surface area contributed by atoms with Crippen molar-refractivity contribution < 1.29 is 26.9 Å². The van der Waals surface area contributed by atoms with Crippen LogP contribution in [0.2, 0.25) is 0 Å². The molecule has 3 heterocycles. The summed E-state index contributed by atoms with van der Waals surface area (Å²) in [5, 5.41) is 5.82. The van der Waals surface area contributed by atoms with Crippen molar-refractivity contribution in [1.29, 1.82) is 0 Å². The number of oxazole rings is 1. The number of hydrogen-bond acceptors (Lipinski definition) is 8. The Balaban J connectivity index is 1.46. The maximum absolute atomic E-state index is 13.1. The van der Waals surface area contributed by atoms with Gasteiger partial charge in [0.2, 0.25) is 17.7 Å². The molecule has 0 spiro atoms. The Hall–Kier alpha value is -3.24. The van der Waals surface area contributed by atoms with Gasteiger partial charge in [0.05, 0.1) is 11.4 Å². The molecule has 33 heavy (non-hydrogen) atoms. The molecule has 1 aromatic carbocycles. The lowest BCUT2D eigenvalue weighted by atomic mass is 10.1. The minimum Gasteiger partial charge on any atom is -0.436 e. The largest absolute Gasteiger partial charge is 0.436 e. The average Bonchev–Trinajstić information content (AvgIpc) is 3.50. The van der Waals surface area contributed by atoms with Crippen molar-refractivity contribution in [3.8, 4) is 11.5 Å². The van der Waals surface area contributed by atoms with Gasteiger partial charge in [-0.1, -0.05) is 29.9 Å². The van der Waals surface area contributed by atoms with E-state index in [1.165, 1.54) is 26.1 Å². The van der Waals surface area contributed by atoms with Gasteiger partial charge >= 0.3 is 0 Å². The van der Waals surface area contributed by atoms with Crippen molar-refractivity contribution in [3.63, 3.8) is 0 Å². The molecule has 0 unspecified atom stereocenters. The number of carbonyl (C=O) groups is 1. The Bertz CT molecular complexity index is 1250. The summed E-state index contributed by atoms with van der Waals surface area (Å²) in [6.45, 7) is 7.48. The van der Waals surface area contributed by atoms with Crippen LogP contribution in [-0.4, -0.2) is 47.7 Å². The maximum Gasteiger partial charge on any atom is 0.247 e.